The molecule has 1 unspecified atom stereocenters. The molecule has 0 saturated carbocycles. The van der Waals surface area contributed by atoms with Gasteiger partial charge in [-0.3, -0.25) is 4.79 Å². The molecule has 1 aliphatic heterocycles. The van der Waals surface area contributed by atoms with Crippen molar-refractivity contribution >= 4 is 11.8 Å². The van der Waals surface area contributed by atoms with E-state index in [9.17, 15) is 14.7 Å². The number of carbonyl (C=O) groups excluding carboxylic acids is 2. The van der Waals surface area contributed by atoms with E-state index in [1.807, 2.05) is 97.1 Å². The SMILES string of the molecule is O=C(CC1c2ccccc2-c2ccccc21)C1=C(O)C(CCc2ccccc2)(c2ccccc2)OC1=O. The fourth-order valence-corrected chi connectivity index (χ4v) is 5.75. The molecule has 0 aromatic heterocycles. The summed E-state index contributed by atoms with van der Waals surface area (Å²) in [5.74, 6) is -1.65. The van der Waals surface area contributed by atoms with Crippen LogP contribution < -0.4 is 0 Å². The van der Waals surface area contributed by atoms with E-state index >= 15 is 0 Å². The van der Waals surface area contributed by atoms with Gasteiger partial charge in [-0.05, 0) is 34.2 Å². The Balaban J connectivity index is 1.37. The smallest absolute Gasteiger partial charge is 0.346 e. The van der Waals surface area contributed by atoms with Gasteiger partial charge < -0.3 is 9.84 Å². The molecule has 1 aliphatic carbocycles. The van der Waals surface area contributed by atoms with Gasteiger partial charge in [0.05, 0.1) is 0 Å². The molecule has 0 radical (unpaired) electrons. The molecule has 1 N–H and O–H groups in total. The van der Waals surface area contributed by atoms with E-state index in [-0.39, 0.29) is 23.7 Å². The average Bonchev–Trinajstić information content (AvgIpc) is 3.40. The lowest BCUT2D eigenvalue weighted by Gasteiger charge is -2.29. The number of benzene rings is 4. The van der Waals surface area contributed by atoms with Gasteiger partial charge in [0, 0.05) is 24.3 Å². The van der Waals surface area contributed by atoms with Gasteiger partial charge >= 0.3 is 5.97 Å². The second-order valence-electron chi connectivity index (χ2n) is 9.65. The molecule has 1 heterocycles. The van der Waals surface area contributed by atoms with Crippen LogP contribution in [0, 0.1) is 0 Å². The van der Waals surface area contributed by atoms with E-state index in [2.05, 4.69) is 12.1 Å². The number of ether oxygens (including phenoxy) is 1. The predicted molar refractivity (Wildman–Crippen MR) is 142 cm³/mol. The molecule has 0 fully saturated rings. The maximum Gasteiger partial charge on any atom is 0.346 e. The molecule has 0 spiro atoms. The number of cyclic esters (lactones) is 1. The second kappa shape index (κ2) is 9.21. The van der Waals surface area contributed by atoms with Crippen molar-refractivity contribution in [3.63, 3.8) is 0 Å². The molecule has 1 atom stereocenters. The van der Waals surface area contributed by atoms with E-state index in [1.54, 1.807) is 0 Å². The van der Waals surface area contributed by atoms with Crippen LogP contribution in [0.4, 0.5) is 0 Å². The summed E-state index contributed by atoms with van der Waals surface area (Å²) in [5, 5.41) is 11.5. The third-order valence-electron chi connectivity index (χ3n) is 7.57. The zero-order valence-corrected chi connectivity index (χ0v) is 20.3. The molecule has 4 heteroatoms. The maximum atomic E-state index is 13.7. The quantitative estimate of drug-likeness (QED) is 0.234. The Morgan fingerprint density at radius 1 is 0.757 bits per heavy atom. The van der Waals surface area contributed by atoms with Crippen LogP contribution in [0.15, 0.2) is 121 Å². The number of carbonyl (C=O) groups is 2. The van der Waals surface area contributed by atoms with Crippen LogP contribution >= 0.6 is 0 Å². The lowest BCUT2D eigenvalue weighted by molar-refractivity contribution is -0.150. The van der Waals surface area contributed by atoms with Crippen molar-refractivity contribution < 1.29 is 19.4 Å². The summed E-state index contributed by atoms with van der Waals surface area (Å²) in [6.45, 7) is 0. The van der Waals surface area contributed by atoms with Crippen molar-refractivity contribution in [2.75, 3.05) is 0 Å². The van der Waals surface area contributed by atoms with Crippen molar-refractivity contribution in [1.29, 1.82) is 0 Å². The van der Waals surface area contributed by atoms with E-state index in [4.69, 9.17) is 4.74 Å². The summed E-state index contributed by atoms with van der Waals surface area (Å²) in [5.41, 5.74) is 4.39. The molecule has 0 amide bonds. The first-order chi connectivity index (χ1) is 18.1. The highest BCUT2D eigenvalue weighted by Gasteiger charge is 2.51. The minimum absolute atomic E-state index is 0.0755. The predicted octanol–water partition coefficient (Wildman–Crippen LogP) is 6.66. The van der Waals surface area contributed by atoms with Crippen molar-refractivity contribution in [3.8, 4) is 11.1 Å². The number of aliphatic hydroxyl groups is 1. The highest BCUT2D eigenvalue weighted by molar-refractivity contribution is 6.19. The Hall–Kier alpha value is -4.44. The number of esters is 1. The average molecular weight is 487 g/mol. The van der Waals surface area contributed by atoms with E-state index in [0.717, 1.165) is 27.8 Å². The molecule has 2 aliphatic rings. The lowest BCUT2D eigenvalue weighted by Crippen LogP contribution is -2.30. The highest BCUT2D eigenvalue weighted by Crippen LogP contribution is 2.48. The minimum Gasteiger partial charge on any atom is -0.507 e. The normalized spacial score (nSPS) is 18.4. The fraction of sp³-hybridized carbons (Fsp3) is 0.152. The van der Waals surface area contributed by atoms with E-state index in [1.165, 1.54) is 0 Å². The number of hydrogen-bond acceptors (Lipinski definition) is 4. The number of rotatable bonds is 7. The largest absolute Gasteiger partial charge is 0.507 e. The van der Waals surface area contributed by atoms with Crippen LogP contribution in [-0.4, -0.2) is 16.9 Å². The summed E-state index contributed by atoms with van der Waals surface area (Å²) in [6.07, 6.45) is 0.967. The van der Waals surface area contributed by atoms with Crippen LogP contribution in [0.2, 0.25) is 0 Å². The lowest BCUT2D eigenvalue weighted by atomic mass is 9.83. The highest BCUT2D eigenvalue weighted by atomic mass is 16.6. The summed E-state index contributed by atoms with van der Waals surface area (Å²) in [4.78, 5) is 26.9. The Morgan fingerprint density at radius 3 is 1.92 bits per heavy atom. The van der Waals surface area contributed by atoms with Gasteiger partial charge in [-0.15, -0.1) is 0 Å². The van der Waals surface area contributed by atoms with Crippen LogP contribution in [0.5, 0.6) is 0 Å². The van der Waals surface area contributed by atoms with E-state index < -0.39 is 17.4 Å². The molecule has 0 bridgehead atoms. The first-order valence-corrected chi connectivity index (χ1v) is 12.6. The molecule has 6 rings (SSSR count). The molecule has 0 saturated heterocycles. The van der Waals surface area contributed by atoms with Crippen LogP contribution in [0.25, 0.3) is 11.1 Å². The molecule has 4 aromatic rings. The Bertz CT molecular complexity index is 1470. The van der Waals surface area contributed by atoms with Crippen LogP contribution in [0.3, 0.4) is 0 Å². The van der Waals surface area contributed by atoms with Gasteiger partial charge in [0.1, 0.15) is 5.57 Å². The Kier molecular flexibility index (Phi) is 5.72. The summed E-state index contributed by atoms with van der Waals surface area (Å²) >= 11 is 0. The van der Waals surface area contributed by atoms with Gasteiger partial charge in [-0.1, -0.05) is 109 Å². The van der Waals surface area contributed by atoms with Gasteiger partial charge in [-0.2, -0.15) is 0 Å². The van der Waals surface area contributed by atoms with Gasteiger partial charge in [0.2, 0.25) is 0 Å². The van der Waals surface area contributed by atoms with E-state index in [0.29, 0.717) is 18.4 Å². The first-order valence-electron chi connectivity index (χ1n) is 12.6. The molecular weight excluding hydrogens is 460 g/mol. The van der Waals surface area contributed by atoms with Gasteiger partial charge in [0.25, 0.3) is 0 Å². The molecule has 4 aromatic carbocycles. The second-order valence-corrected chi connectivity index (χ2v) is 9.65. The topological polar surface area (TPSA) is 63.6 Å². The van der Waals surface area contributed by atoms with Gasteiger partial charge in [0.15, 0.2) is 17.1 Å². The fourth-order valence-electron chi connectivity index (χ4n) is 5.75. The number of ketones is 1. The van der Waals surface area contributed by atoms with Crippen molar-refractivity contribution in [1.82, 2.24) is 0 Å². The van der Waals surface area contributed by atoms with Crippen molar-refractivity contribution in [3.05, 3.63) is 143 Å². The summed E-state index contributed by atoms with van der Waals surface area (Å²) in [7, 11) is 0. The Labute approximate surface area is 215 Å². The molecule has 4 nitrogen and oxygen atoms in total. The third-order valence-corrected chi connectivity index (χ3v) is 7.57. The van der Waals surface area contributed by atoms with Crippen molar-refractivity contribution in [2.45, 2.75) is 30.8 Å². The number of aliphatic hydroxyl groups excluding tert-OH is 1. The Morgan fingerprint density at radius 2 is 1.30 bits per heavy atom. The first kappa shape index (κ1) is 23.0. The molecule has 37 heavy (non-hydrogen) atoms. The number of aryl methyl sites for hydroxylation is 1. The summed E-state index contributed by atoms with van der Waals surface area (Å²) < 4.78 is 5.92. The number of hydrogen-bond donors (Lipinski definition) is 1. The zero-order valence-electron chi connectivity index (χ0n) is 20.3. The van der Waals surface area contributed by atoms with Crippen molar-refractivity contribution in [2.24, 2.45) is 0 Å². The zero-order chi connectivity index (χ0) is 25.4. The minimum atomic E-state index is -1.40. The monoisotopic (exact) mass is 486 g/mol. The molecule has 182 valence electrons. The standard InChI is InChI=1S/C33H26O4/c34-29(21-28-26-17-9-7-15-24(26)25-16-8-10-18-27(25)28)30-31(35)33(37-32(30)36,23-13-5-2-6-14-23)20-19-22-11-3-1-4-12-22/h1-18,28,35H,19-21H2. The summed E-state index contributed by atoms with van der Waals surface area (Å²) in [6, 6.07) is 35.1. The third kappa shape index (κ3) is 3.86. The van der Waals surface area contributed by atoms with Crippen LogP contribution in [0.1, 0.15) is 41.0 Å². The maximum absolute atomic E-state index is 13.7. The number of Topliss-reactive ketones (excluding diaryl/α,β-unsaturated/α-hetero) is 1. The molecular formula is C33H26O4. The van der Waals surface area contributed by atoms with Gasteiger partial charge in [-0.25, -0.2) is 4.79 Å². The number of fused-ring (bicyclic) bond motifs is 3. The van der Waals surface area contributed by atoms with Crippen LogP contribution in [-0.2, 0) is 26.3 Å².